The van der Waals surface area contributed by atoms with Gasteiger partial charge in [0, 0.05) is 7.05 Å². The molecular weight excluding hydrogens is 284 g/mol. The summed E-state index contributed by atoms with van der Waals surface area (Å²) in [5.41, 5.74) is 0. The molecule has 10 heteroatoms. The Morgan fingerprint density at radius 3 is 2.25 bits per heavy atom. The molecule has 0 radical (unpaired) electrons. The quantitative estimate of drug-likeness (QED) is 0.740. The van der Waals surface area contributed by atoms with Crippen LogP contribution >= 0.6 is 0 Å². The van der Waals surface area contributed by atoms with Gasteiger partial charge in [-0.1, -0.05) is 6.92 Å². The fourth-order valence-corrected chi connectivity index (χ4v) is 0.996. The maximum absolute atomic E-state index is 12.7. The second kappa shape index (κ2) is 7.06. The zero-order valence-corrected chi connectivity index (χ0v) is 10.9. The summed E-state index contributed by atoms with van der Waals surface area (Å²) in [5.74, 6) is -4.27. The van der Waals surface area contributed by atoms with Crippen molar-refractivity contribution in [2.45, 2.75) is 25.7 Å². The molecule has 0 fully saturated rings. The Balaban J connectivity index is 2.78. The summed E-state index contributed by atoms with van der Waals surface area (Å²) in [6.07, 6.45) is -3.15. The van der Waals surface area contributed by atoms with Crippen molar-refractivity contribution in [2.75, 3.05) is 25.6 Å². The van der Waals surface area contributed by atoms with Gasteiger partial charge in [0.15, 0.2) is 6.61 Å². The fraction of sp³-hybridized carbons (Fsp3) is 0.700. The summed E-state index contributed by atoms with van der Waals surface area (Å²) < 4.78 is 59.0. The molecule has 0 spiro atoms. The van der Waals surface area contributed by atoms with Gasteiger partial charge in [0.2, 0.25) is 5.95 Å². The van der Waals surface area contributed by atoms with Crippen LogP contribution in [0.15, 0.2) is 0 Å². The first-order chi connectivity index (χ1) is 9.39. The molecule has 1 N–H and O–H groups in total. The van der Waals surface area contributed by atoms with Gasteiger partial charge in [0.25, 0.3) is 0 Å². The van der Waals surface area contributed by atoms with Crippen LogP contribution in [-0.2, 0) is 0 Å². The normalized spacial score (nSPS) is 11.6. The second-order valence-electron chi connectivity index (χ2n) is 3.67. The molecule has 0 aliphatic heterocycles. The van der Waals surface area contributed by atoms with Crippen molar-refractivity contribution in [3.63, 3.8) is 0 Å². The zero-order valence-electron chi connectivity index (χ0n) is 10.9. The number of aromatic nitrogens is 3. The number of nitrogens with zero attached hydrogens (tertiary/aromatic N) is 3. The highest BCUT2D eigenvalue weighted by atomic mass is 19.3. The lowest BCUT2D eigenvalue weighted by atomic mass is 10.4. The van der Waals surface area contributed by atoms with Gasteiger partial charge in [0.05, 0.1) is 6.61 Å². The van der Waals surface area contributed by atoms with Gasteiger partial charge in [-0.25, -0.2) is 8.78 Å². The molecule has 0 saturated heterocycles. The molecule has 0 amide bonds. The third-order valence-electron chi connectivity index (χ3n) is 1.97. The molecule has 0 aromatic carbocycles. The van der Waals surface area contributed by atoms with Crippen molar-refractivity contribution >= 4 is 5.95 Å². The lowest BCUT2D eigenvalue weighted by molar-refractivity contribution is -0.149. The summed E-state index contributed by atoms with van der Waals surface area (Å²) in [6.45, 7) is 0.617. The van der Waals surface area contributed by atoms with E-state index >= 15 is 0 Å². The molecular formula is C10H14F4N4O2. The first-order valence-corrected chi connectivity index (χ1v) is 5.74. The average molecular weight is 298 g/mol. The Bertz CT molecular complexity index is 434. The summed E-state index contributed by atoms with van der Waals surface area (Å²) in [6, 6.07) is -0.655. The molecule has 1 aromatic rings. The van der Waals surface area contributed by atoms with Gasteiger partial charge in [-0.2, -0.15) is 18.7 Å². The lowest BCUT2D eigenvalue weighted by Gasteiger charge is -2.15. The van der Waals surface area contributed by atoms with E-state index in [0.29, 0.717) is 13.0 Å². The number of hydrogen-bond donors (Lipinski definition) is 1. The van der Waals surface area contributed by atoms with Gasteiger partial charge in [-0.15, -0.1) is 4.98 Å². The van der Waals surface area contributed by atoms with Crippen molar-refractivity contribution in [1.29, 1.82) is 0 Å². The first-order valence-electron chi connectivity index (χ1n) is 5.74. The SMILES string of the molecule is CCCOc1nc(NC)nc(OCC(F)(F)C(F)F)n1. The number of nitrogens with one attached hydrogen (secondary N) is 1. The first kappa shape index (κ1) is 16.2. The molecule has 0 unspecified atom stereocenters. The van der Waals surface area contributed by atoms with E-state index in [9.17, 15) is 17.6 Å². The minimum Gasteiger partial charge on any atom is -0.463 e. The van der Waals surface area contributed by atoms with Crippen LogP contribution in [0.25, 0.3) is 0 Å². The average Bonchev–Trinajstić information content (AvgIpc) is 2.42. The number of alkyl halides is 4. The molecule has 0 saturated carbocycles. The predicted molar refractivity (Wildman–Crippen MR) is 61.6 cm³/mol. The number of ether oxygens (including phenoxy) is 2. The summed E-state index contributed by atoms with van der Waals surface area (Å²) in [5, 5.41) is 2.55. The topological polar surface area (TPSA) is 69.2 Å². The van der Waals surface area contributed by atoms with Crippen molar-refractivity contribution in [1.82, 2.24) is 15.0 Å². The zero-order chi connectivity index (χ0) is 15.2. The standard InChI is InChI=1S/C10H14F4N4O2/c1-3-4-19-8-16-7(15-2)17-9(18-8)20-5-10(13,14)6(11)12/h6H,3-5H2,1-2H3,(H,15,16,17,18). The summed E-state index contributed by atoms with van der Waals surface area (Å²) >= 11 is 0. The highest BCUT2D eigenvalue weighted by molar-refractivity contribution is 5.26. The number of rotatable bonds is 8. The van der Waals surface area contributed by atoms with Gasteiger partial charge in [-0.3, -0.25) is 0 Å². The minimum absolute atomic E-state index is 0.0152. The monoisotopic (exact) mass is 298 g/mol. The van der Waals surface area contributed by atoms with Crippen LogP contribution in [0.4, 0.5) is 23.5 Å². The van der Waals surface area contributed by atoms with Crippen LogP contribution in [-0.4, -0.2) is 47.6 Å². The van der Waals surface area contributed by atoms with Crippen LogP contribution in [0, 0.1) is 0 Å². The molecule has 20 heavy (non-hydrogen) atoms. The Labute approximate surface area is 112 Å². The van der Waals surface area contributed by atoms with Crippen LogP contribution in [0.5, 0.6) is 12.0 Å². The van der Waals surface area contributed by atoms with E-state index in [2.05, 4.69) is 25.0 Å². The summed E-state index contributed by atoms with van der Waals surface area (Å²) in [7, 11) is 1.48. The number of halogens is 4. The van der Waals surface area contributed by atoms with Crippen molar-refractivity contribution < 1.29 is 27.0 Å². The van der Waals surface area contributed by atoms with Gasteiger partial charge in [-0.05, 0) is 6.42 Å². The van der Waals surface area contributed by atoms with Crippen molar-refractivity contribution in [2.24, 2.45) is 0 Å². The molecule has 6 nitrogen and oxygen atoms in total. The Morgan fingerprint density at radius 2 is 1.75 bits per heavy atom. The van der Waals surface area contributed by atoms with Gasteiger partial charge < -0.3 is 14.8 Å². The minimum atomic E-state index is -4.28. The third kappa shape index (κ3) is 4.67. The summed E-state index contributed by atoms with van der Waals surface area (Å²) in [4.78, 5) is 11.0. The maximum atomic E-state index is 12.7. The fourth-order valence-electron chi connectivity index (χ4n) is 0.996. The van der Waals surface area contributed by atoms with Crippen LogP contribution < -0.4 is 14.8 Å². The van der Waals surface area contributed by atoms with Crippen molar-refractivity contribution in [3.05, 3.63) is 0 Å². The Morgan fingerprint density at radius 1 is 1.15 bits per heavy atom. The molecule has 0 bridgehead atoms. The third-order valence-corrected chi connectivity index (χ3v) is 1.97. The molecule has 1 heterocycles. The molecule has 0 atom stereocenters. The van der Waals surface area contributed by atoms with E-state index in [1.54, 1.807) is 0 Å². The number of hydrogen-bond acceptors (Lipinski definition) is 6. The van der Waals surface area contributed by atoms with E-state index < -0.39 is 25.0 Å². The highest BCUT2D eigenvalue weighted by Gasteiger charge is 2.42. The van der Waals surface area contributed by atoms with Crippen molar-refractivity contribution in [3.8, 4) is 12.0 Å². The Kier molecular flexibility index (Phi) is 5.71. The van der Waals surface area contributed by atoms with Crippen LogP contribution in [0.1, 0.15) is 13.3 Å². The molecule has 0 aliphatic rings. The lowest BCUT2D eigenvalue weighted by Crippen LogP contribution is -2.34. The van der Waals surface area contributed by atoms with Gasteiger partial charge >= 0.3 is 24.4 Å². The molecule has 1 aromatic heterocycles. The van der Waals surface area contributed by atoms with E-state index in [1.165, 1.54) is 7.05 Å². The van der Waals surface area contributed by atoms with E-state index in [1.807, 2.05) is 6.92 Å². The largest absolute Gasteiger partial charge is 0.463 e. The maximum Gasteiger partial charge on any atom is 0.340 e. The Hall–Kier alpha value is -1.87. The smallest absolute Gasteiger partial charge is 0.340 e. The molecule has 114 valence electrons. The number of anilines is 1. The molecule has 1 rings (SSSR count). The van der Waals surface area contributed by atoms with Gasteiger partial charge in [0.1, 0.15) is 0 Å². The predicted octanol–water partition coefficient (Wildman–Crippen LogP) is 1.98. The molecule has 0 aliphatic carbocycles. The van der Waals surface area contributed by atoms with Crippen LogP contribution in [0.3, 0.4) is 0 Å². The van der Waals surface area contributed by atoms with E-state index in [-0.39, 0.29) is 12.0 Å². The highest BCUT2D eigenvalue weighted by Crippen LogP contribution is 2.24. The van der Waals surface area contributed by atoms with E-state index in [0.717, 1.165) is 0 Å². The second-order valence-corrected chi connectivity index (χ2v) is 3.67. The van der Waals surface area contributed by atoms with Crippen LogP contribution in [0.2, 0.25) is 0 Å². The van der Waals surface area contributed by atoms with E-state index in [4.69, 9.17) is 4.74 Å².